The summed E-state index contributed by atoms with van der Waals surface area (Å²) < 4.78 is 16.1. The van der Waals surface area contributed by atoms with Crippen LogP contribution >= 0.6 is 0 Å². The van der Waals surface area contributed by atoms with Crippen LogP contribution in [0.2, 0.25) is 0 Å². The van der Waals surface area contributed by atoms with Crippen LogP contribution in [0.15, 0.2) is 0 Å². The third-order valence-electron chi connectivity index (χ3n) is 2.62. The molecule has 2 rings (SSSR count). The average molecular weight is 220 g/mol. The van der Waals surface area contributed by atoms with Gasteiger partial charge in [0.2, 0.25) is 0 Å². The van der Waals surface area contributed by atoms with Crippen molar-refractivity contribution >= 4 is 0 Å². The van der Waals surface area contributed by atoms with Gasteiger partial charge in [-0.3, -0.25) is 0 Å². The fourth-order valence-electron chi connectivity index (χ4n) is 1.94. The minimum absolute atomic E-state index is 0.468. The first-order chi connectivity index (χ1) is 6.94. The molecule has 0 radical (unpaired) electrons. The van der Waals surface area contributed by atoms with Crippen LogP contribution in [0.3, 0.4) is 0 Å². The summed E-state index contributed by atoms with van der Waals surface area (Å²) in [5, 5.41) is 27.9. The topological polar surface area (TPSA) is 88.4 Å². The Kier molecular flexibility index (Phi) is 2.74. The molecule has 2 aliphatic heterocycles. The summed E-state index contributed by atoms with van der Waals surface area (Å²) in [4.78, 5) is 0. The van der Waals surface area contributed by atoms with Gasteiger partial charge in [-0.25, -0.2) is 0 Å². The third kappa shape index (κ3) is 1.89. The summed E-state index contributed by atoms with van der Waals surface area (Å²) in [6.45, 7) is 2.97. The van der Waals surface area contributed by atoms with E-state index in [0.29, 0.717) is 0 Å². The van der Waals surface area contributed by atoms with Crippen LogP contribution < -0.4 is 0 Å². The van der Waals surface area contributed by atoms with Gasteiger partial charge in [-0.2, -0.15) is 0 Å². The number of aliphatic hydroxyl groups is 3. The van der Waals surface area contributed by atoms with Gasteiger partial charge < -0.3 is 29.5 Å². The number of fused-ring (bicyclic) bond motifs is 1. The lowest BCUT2D eigenvalue weighted by Crippen LogP contribution is -2.42. The van der Waals surface area contributed by atoms with Gasteiger partial charge in [-0.1, -0.05) is 0 Å². The van der Waals surface area contributed by atoms with Crippen molar-refractivity contribution in [3.05, 3.63) is 0 Å². The molecule has 15 heavy (non-hydrogen) atoms. The Morgan fingerprint density at radius 3 is 2.53 bits per heavy atom. The molecule has 6 nitrogen and oxygen atoms in total. The number of hydrogen-bond donors (Lipinski definition) is 3. The molecule has 0 aromatic rings. The maximum Gasteiger partial charge on any atom is 0.190 e. The second kappa shape index (κ2) is 3.65. The zero-order chi connectivity index (χ0) is 11.2. The smallest absolute Gasteiger partial charge is 0.190 e. The molecule has 0 aromatic carbocycles. The third-order valence-corrected chi connectivity index (χ3v) is 2.62. The van der Waals surface area contributed by atoms with Gasteiger partial charge in [-0.05, 0) is 13.8 Å². The van der Waals surface area contributed by atoms with Gasteiger partial charge >= 0.3 is 0 Å². The Hall–Kier alpha value is -0.240. The van der Waals surface area contributed by atoms with Gasteiger partial charge in [0.1, 0.15) is 24.4 Å². The highest BCUT2D eigenvalue weighted by molar-refractivity contribution is 4.95. The van der Waals surface area contributed by atoms with Crippen LogP contribution in [0.4, 0.5) is 0 Å². The monoisotopic (exact) mass is 220 g/mol. The van der Waals surface area contributed by atoms with Gasteiger partial charge in [0, 0.05) is 0 Å². The highest BCUT2D eigenvalue weighted by Crippen LogP contribution is 2.38. The van der Waals surface area contributed by atoms with Crippen molar-refractivity contribution in [2.75, 3.05) is 6.61 Å². The van der Waals surface area contributed by atoms with E-state index < -0.39 is 43.1 Å². The molecule has 0 spiro atoms. The van der Waals surface area contributed by atoms with E-state index in [9.17, 15) is 10.2 Å². The molecule has 5 atom stereocenters. The molecule has 2 aliphatic rings. The number of rotatable bonds is 2. The molecule has 0 bridgehead atoms. The quantitative estimate of drug-likeness (QED) is 0.529. The van der Waals surface area contributed by atoms with Crippen molar-refractivity contribution in [1.82, 2.24) is 0 Å². The van der Waals surface area contributed by atoms with Crippen LogP contribution in [-0.4, -0.2) is 58.4 Å². The van der Waals surface area contributed by atoms with Crippen molar-refractivity contribution in [1.29, 1.82) is 0 Å². The van der Waals surface area contributed by atoms with E-state index in [1.807, 2.05) is 0 Å². The predicted molar refractivity (Wildman–Crippen MR) is 47.8 cm³/mol. The highest BCUT2D eigenvalue weighted by Gasteiger charge is 2.55. The normalized spacial score (nSPS) is 45.4. The summed E-state index contributed by atoms with van der Waals surface area (Å²) in [5.74, 6) is -0.786. The van der Waals surface area contributed by atoms with Crippen LogP contribution in [0.5, 0.6) is 0 Å². The maximum atomic E-state index is 9.79. The molecule has 6 heteroatoms. The van der Waals surface area contributed by atoms with Crippen LogP contribution in [0.25, 0.3) is 0 Å². The molecule has 3 N–H and O–H groups in total. The molecule has 2 fully saturated rings. The average Bonchev–Trinajstić information content (AvgIpc) is 2.60. The van der Waals surface area contributed by atoms with Crippen molar-refractivity contribution in [2.45, 2.75) is 50.3 Å². The molecule has 0 saturated carbocycles. The largest absolute Gasteiger partial charge is 0.394 e. The van der Waals surface area contributed by atoms with Gasteiger partial charge in [0.15, 0.2) is 12.1 Å². The van der Waals surface area contributed by atoms with E-state index in [1.54, 1.807) is 13.8 Å². The minimum atomic E-state index is -1.12. The molecular weight excluding hydrogens is 204 g/mol. The maximum absolute atomic E-state index is 9.79. The van der Waals surface area contributed by atoms with Crippen molar-refractivity contribution in [2.24, 2.45) is 0 Å². The molecule has 2 saturated heterocycles. The minimum Gasteiger partial charge on any atom is -0.394 e. The molecule has 88 valence electrons. The lowest BCUT2D eigenvalue weighted by atomic mass is 10.1. The Bertz CT molecular complexity index is 243. The second-order valence-corrected chi connectivity index (χ2v) is 4.31. The van der Waals surface area contributed by atoms with E-state index >= 15 is 0 Å². The summed E-state index contributed by atoms with van der Waals surface area (Å²) in [5.41, 5.74) is 0. The fraction of sp³-hybridized carbons (Fsp3) is 1.00. The van der Waals surface area contributed by atoms with Crippen LogP contribution in [0.1, 0.15) is 13.8 Å². The predicted octanol–water partition coefficient (Wildman–Crippen LogP) is -1.42. The number of hydrogen-bond acceptors (Lipinski definition) is 6. The second-order valence-electron chi connectivity index (χ2n) is 4.31. The molecular formula is C9H16O6. The molecule has 0 amide bonds. The lowest BCUT2D eigenvalue weighted by molar-refractivity contribution is -0.227. The summed E-state index contributed by atoms with van der Waals surface area (Å²) in [7, 11) is 0. The summed E-state index contributed by atoms with van der Waals surface area (Å²) in [6, 6.07) is 0. The van der Waals surface area contributed by atoms with E-state index in [-0.39, 0.29) is 0 Å². The number of ether oxygens (including phenoxy) is 3. The molecule has 2 heterocycles. The first-order valence-electron chi connectivity index (χ1n) is 4.93. The highest BCUT2D eigenvalue weighted by atomic mass is 16.8. The van der Waals surface area contributed by atoms with E-state index in [0.717, 1.165) is 0 Å². The van der Waals surface area contributed by atoms with Crippen molar-refractivity contribution in [3.63, 3.8) is 0 Å². The first-order valence-corrected chi connectivity index (χ1v) is 4.93. The zero-order valence-electron chi connectivity index (χ0n) is 8.66. The van der Waals surface area contributed by atoms with Gasteiger partial charge in [0.25, 0.3) is 0 Å². The zero-order valence-corrected chi connectivity index (χ0v) is 8.66. The fourth-order valence-corrected chi connectivity index (χ4v) is 1.94. The molecule has 0 aliphatic carbocycles. The van der Waals surface area contributed by atoms with E-state index in [2.05, 4.69) is 0 Å². The SMILES string of the molecule is CC1(C)O[C@H]2O[C@H]([C@@H](O)CO)[C@H](O)[C@@H]2O1. The Labute approximate surface area is 87.4 Å². The van der Waals surface area contributed by atoms with Crippen molar-refractivity contribution in [3.8, 4) is 0 Å². The van der Waals surface area contributed by atoms with Crippen LogP contribution in [0, 0.1) is 0 Å². The van der Waals surface area contributed by atoms with E-state index in [4.69, 9.17) is 19.3 Å². The van der Waals surface area contributed by atoms with Crippen molar-refractivity contribution < 1.29 is 29.5 Å². The number of aliphatic hydroxyl groups excluding tert-OH is 3. The summed E-state index contributed by atoms with van der Waals surface area (Å²) >= 11 is 0. The van der Waals surface area contributed by atoms with Crippen LogP contribution in [-0.2, 0) is 14.2 Å². The lowest BCUT2D eigenvalue weighted by Gasteiger charge is -2.24. The Balaban J connectivity index is 2.05. The molecule has 0 aromatic heterocycles. The standard InChI is InChI=1S/C9H16O6/c1-9(2)14-7-5(12)6(4(11)3-10)13-8(7)15-9/h4-8,10-12H,3H2,1-2H3/t4-,5-,6+,7-,8+/m0/s1. The van der Waals surface area contributed by atoms with Gasteiger partial charge in [0.05, 0.1) is 6.61 Å². The Morgan fingerprint density at radius 2 is 2.00 bits per heavy atom. The molecule has 0 unspecified atom stereocenters. The van der Waals surface area contributed by atoms with Gasteiger partial charge in [-0.15, -0.1) is 0 Å². The Morgan fingerprint density at radius 1 is 1.33 bits per heavy atom. The first kappa shape index (κ1) is 11.3. The van der Waals surface area contributed by atoms with E-state index in [1.165, 1.54) is 0 Å². The summed E-state index contributed by atoms with van der Waals surface area (Å²) in [6.07, 6.45) is -4.26.